The summed E-state index contributed by atoms with van der Waals surface area (Å²) in [7, 11) is 1.67. The van der Waals surface area contributed by atoms with Crippen LogP contribution in [0.3, 0.4) is 0 Å². The van der Waals surface area contributed by atoms with Crippen molar-refractivity contribution in [3.05, 3.63) is 47.3 Å². The number of ether oxygens (including phenoxy) is 3. The first-order valence-electron chi connectivity index (χ1n) is 15.9. The molecule has 2 atom stereocenters. The fraction of sp³-hybridized carbons (Fsp3) is 0.606. The van der Waals surface area contributed by atoms with Crippen LogP contribution in [0, 0.1) is 0 Å². The summed E-state index contributed by atoms with van der Waals surface area (Å²) in [6.07, 6.45) is 8.90. The smallest absolute Gasteiger partial charge is 0.410 e. The van der Waals surface area contributed by atoms with E-state index in [-0.39, 0.29) is 24.4 Å². The number of carbonyl (C=O) groups excluding carboxylic acids is 1. The van der Waals surface area contributed by atoms with Crippen molar-refractivity contribution in [2.45, 2.75) is 88.9 Å². The summed E-state index contributed by atoms with van der Waals surface area (Å²) in [6, 6.07) is 6.01. The van der Waals surface area contributed by atoms with Gasteiger partial charge in [-0.2, -0.15) is 5.10 Å². The Hall–Kier alpha value is -3.44. The third-order valence-corrected chi connectivity index (χ3v) is 9.19. The molecule has 10 nitrogen and oxygen atoms in total. The van der Waals surface area contributed by atoms with Crippen molar-refractivity contribution in [1.82, 2.24) is 24.6 Å². The molecule has 2 unspecified atom stereocenters. The maximum absolute atomic E-state index is 15.3. The quantitative estimate of drug-likeness (QED) is 0.371. The van der Waals surface area contributed by atoms with Gasteiger partial charge in [-0.15, -0.1) is 0 Å². The van der Waals surface area contributed by atoms with Gasteiger partial charge in [0.15, 0.2) is 0 Å². The number of pyridine rings is 1. The Bertz CT molecular complexity index is 1540. The monoisotopic (exact) mass is 606 g/mol. The van der Waals surface area contributed by atoms with Crippen LogP contribution in [0.1, 0.15) is 81.8 Å². The van der Waals surface area contributed by atoms with E-state index in [1.165, 1.54) is 5.56 Å². The molecule has 236 valence electrons. The molecule has 7 rings (SSSR count). The van der Waals surface area contributed by atoms with Crippen LogP contribution in [-0.4, -0.2) is 87.9 Å². The molecular formula is C33H43FN6O4. The molecule has 1 N–H and O–H groups in total. The molecule has 0 radical (unpaired) electrons. The Balaban J connectivity index is 1.16. The second-order valence-electron chi connectivity index (χ2n) is 13.8. The van der Waals surface area contributed by atoms with Crippen LogP contribution in [0.25, 0.3) is 10.9 Å². The highest BCUT2D eigenvalue weighted by Gasteiger charge is 2.47. The number of carbonyl (C=O) groups is 1. The van der Waals surface area contributed by atoms with E-state index in [0.29, 0.717) is 44.0 Å². The number of amides is 1. The number of likely N-dealkylation sites (tertiary alicyclic amines) is 1. The highest BCUT2D eigenvalue weighted by atomic mass is 19.1. The average Bonchev–Trinajstić information content (AvgIpc) is 3.53. The fourth-order valence-corrected chi connectivity index (χ4v) is 6.74. The summed E-state index contributed by atoms with van der Waals surface area (Å²) in [5.74, 6) is 1.37. The zero-order valence-electron chi connectivity index (χ0n) is 26.1. The third kappa shape index (κ3) is 5.83. The molecule has 3 aliphatic heterocycles. The van der Waals surface area contributed by atoms with Gasteiger partial charge in [0.05, 0.1) is 24.7 Å². The second kappa shape index (κ2) is 11.2. The molecule has 2 aromatic heterocycles. The molecule has 11 heteroatoms. The van der Waals surface area contributed by atoms with Crippen molar-refractivity contribution in [2.75, 3.05) is 45.2 Å². The molecule has 3 fully saturated rings. The fourth-order valence-electron chi connectivity index (χ4n) is 6.74. The first-order valence-corrected chi connectivity index (χ1v) is 15.9. The van der Waals surface area contributed by atoms with Gasteiger partial charge in [0.25, 0.3) is 0 Å². The van der Waals surface area contributed by atoms with Crippen molar-refractivity contribution in [3.8, 4) is 5.75 Å². The molecule has 1 aromatic carbocycles. The summed E-state index contributed by atoms with van der Waals surface area (Å²) >= 11 is 0. The van der Waals surface area contributed by atoms with E-state index < -0.39 is 11.3 Å². The Labute approximate surface area is 257 Å². The maximum atomic E-state index is 15.3. The number of aromatic nitrogens is 3. The first-order chi connectivity index (χ1) is 21.1. The normalized spacial score (nSPS) is 23.6. The van der Waals surface area contributed by atoms with E-state index in [2.05, 4.69) is 28.5 Å². The summed E-state index contributed by atoms with van der Waals surface area (Å²) in [6.45, 7) is 8.56. The number of benzene rings is 1. The number of hydrogen-bond acceptors (Lipinski definition) is 8. The number of halogens is 1. The molecule has 5 heterocycles. The number of hydrogen-bond donors (Lipinski definition) is 1. The van der Waals surface area contributed by atoms with Crippen molar-refractivity contribution in [1.29, 1.82) is 0 Å². The molecule has 3 aromatic rings. The number of nitrogens with one attached hydrogen (secondary N) is 1. The molecule has 0 spiro atoms. The minimum atomic E-state index is -1.13. The van der Waals surface area contributed by atoms with Gasteiger partial charge < -0.3 is 24.4 Å². The summed E-state index contributed by atoms with van der Waals surface area (Å²) in [5.41, 5.74) is 2.61. The SMILES string of the molecule is COc1cc(NC2CN(C(=O)OC(C)(C)C)C2)ncc1C1c2ccc3nn(C4CCCCO4)cc3c2CCN1CC1(F)CC1. The summed E-state index contributed by atoms with van der Waals surface area (Å²) in [5, 5.41) is 9.45. The predicted octanol–water partition coefficient (Wildman–Crippen LogP) is 5.62. The van der Waals surface area contributed by atoms with Crippen LogP contribution in [0.15, 0.2) is 30.6 Å². The van der Waals surface area contributed by atoms with Crippen molar-refractivity contribution in [2.24, 2.45) is 0 Å². The van der Waals surface area contributed by atoms with E-state index in [4.69, 9.17) is 24.3 Å². The molecule has 0 bridgehead atoms. The van der Waals surface area contributed by atoms with E-state index in [0.717, 1.165) is 60.9 Å². The molecule has 4 aliphatic rings. The zero-order chi connectivity index (χ0) is 30.6. The van der Waals surface area contributed by atoms with Crippen molar-refractivity contribution < 1.29 is 23.4 Å². The third-order valence-electron chi connectivity index (χ3n) is 9.19. The van der Waals surface area contributed by atoms with Gasteiger partial charge in [-0.05, 0) is 76.5 Å². The van der Waals surface area contributed by atoms with E-state index in [9.17, 15) is 4.79 Å². The van der Waals surface area contributed by atoms with E-state index in [1.54, 1.807) is 12.0 Å². The van der Waals surface area contributed by atoms with Gasteiger partial charge in [-0.1, -0.05) is 6.07 Å². The number of rotatable bonds is 7. The van der Waals surface area contributed by atoms with Gasteiger partial charge in [-0.25, -0.2) is 18.9 Å². The van der Waals surface area contributed by atoms with E-state index >= 15 is 4.39 Å². The topological polar surface area (TPSA) is 94.0 Å². The lowest BCUT2D eigenvalue weighted by atomic mass is 9.86. The number of fused-ring (bicyclic) bond motifs is 3. The lowest BCUT2D eigenvalue weighted by Crippen LogP contribution is -2.58. The molecule has 1 aliphatic carbocycles. The van der Waals surface area contributed by atoms with Crippen LogP contribution < -0.4 is 10.1 Å². The zero-order valence-corrected chi connectivity index (χ0v) is 26.1. The maximum Gasteiger partial charge on any atom is 0.410 e. The number of nitrogens with zero attached hydrogens (tertiary/aromatic N) is 5. The van der Waals surface area contributed by atoms with Gasteiger partial charge in [0, 0.05) is 62.2 Å². The minimum absolute atomic E-state index is 0.0276. The number of alkyl halides is 1. The van der Waals surface area contributed by atoms with Crippen LogP contribution >= 0.6 is 0 Å². The van der Waals surface area contributed by atoms with Gasteiger partial charge in [0.1, 0.15) is 29.1 Å². The van der Waals surface area contributed by atoms with Crippen LogP contribution in [0.5, 0.6) is 5.75 Å². The largest absolute Gasteiger partial charge is 0.496 e. The second-order valence-corrected chi connectivity index (χ2v) is 13.8. The minimum Gasteiger partial charge on any atom is -0.496 e. The van der Waals surface area contributed by atoms with Crippen LogP contribution in [-0.2, 0) is 15.9 Å². The van der Waals surface area contributed by atoms with Crippen molar-refractivity contribution >= 4 is 22.8 Å². The summed E-state index contributed by atoms with van der Waals surface area (Å²) < 4.78 is 34.7. The standard InChI is InChI=1S/C33H43FN6O4/c1-32(2,3)44-31(41)39-17-21(18-39)36-28-15-27(42-4)24(16-35-28)30-23-8-9-26-25(19-40(37-26)29-7-5-6-14-43-29)22(23)10-13-38(30)20-33(34)11-12-33/h8-9,15-16,19,21,29-30H,5-7,10-14,17-18,20H2,1-4H3,(H,35,36). The molecule has 1 amide bonds. The lowest BCUT2D eigenvalue weighted by molar-refractivity contribution is -0.0390. The first kappa shape index (κ1) is 29.3. The molecule has 2 saturated heterocycles. The average molecular weight is 607 g/mol. The Kier molecular flexibility index (Phi) is 7.43. The molecule has 1 saturated carbocycles. The Morgan fingerprint density at radius 3 is 2.73 bits per heavy atom. The number of anilines is 1. The Morgan fingerprint density at radius 1 is 1.20 bits per heavy atom. The van der Waals surface area contributed by atoms with Crippen LogP contribution in [0.2, 0.25) is 0 Å². The lowest BCUT2D eigenvalue weighted by Gasteiger charge is -2.40. The predicted molar refractivity (Wildman–Crippen MR) is 165 cm³/mol. The highest BCUT2D eigenvalue weighted by molar-refractivity contribution is 5.84. The van der Waals surface area contributed by atoms with E-state index in [1.807, 2.05) is 37.7 Å². The molecule has 44 heavy (non-hydrogen) atoms. The number of methoxy groups -OCH3 is 1. The van der Waals surface area contributed by atoms with Gasteiger partial charge in [-0.3, -0.25) is 4.90 Å². The van der Waals surface area contributed by atoms with Gasteiger partial charge >= 0.3 is 6.09 Å². The Morgan fingerprint density at radius 2 is 2.02 bits per heavy atom. The highest BCUT2D eigenvalue weighted by Crippen LogP contribution is 2.47. The summed E-state index contributed by atoms with van der Waals surface area (Å²) in [4.78, 5) is 21.1. The molecular weight excluding hydrogens is 563 g/mol. The van der Waals surface area contributed by atoms with Gasteiger partial charge in [0.2, 0.25) is 0 Å². The van der Waals surface area contributed by atoms with Crippen LogP contribution in [0.4, 0.5) is 15.0 Å². The van der Waals surface area contributed by atoms with Crippen molar-refractivity contribution in [3.63, 3.8) is 0 Å².